The third-order valence-electron chi connectivity index (χ3n) is 6.99. The molecule has 1 aliphatic heterocycles. The zero-order valence-corrected chi connectivity index (χ0v) is 23.9. The van der Waals surface area contributed by atoms with Crippen molar-refractivity contribution in [1.82, 2.24) is 4.90 Å². The van der Waals surface area contributed by atoms with Crippen molar-refractivity contribution < 1.29 is 33.3 Å². The molecule has 1 amide bonds. The second kappa shape index (κ2) is 14.4. The maximum atomic E-state index is 14.2. The molecule has 39 heavy (non-hydrogen) atoms. The number of carboxylic acid groups (broad SMARTS) is 1. The van der Waals surface area contributed by atoms with Crippen LogP contribution in [0.15, 0.2) is 60.7 Å². The van der Waals surface area contributed by atoms with Crippen molar-refractivity contribution in [3.05, 3.63) is 71.8 Å². The van der Waals surface area contributed by atoms with E-state index >= 15 is 0 Å². The molecule has 0 radical (unpaired) electrons. The van der Waals surface area contributed by atoms with Gasteiger partial charge in [0.15, 0.2) is 0 Å². The normalized spacial score (nSPS) is 19.4. The summed E-state index contributed by atoms with van der Waals surface area (Å²) in [5.74, 6) is -2.49. The first-order valence-corrected chi connectivity index (χ1v) is 15.7. The number of carboxylic acids is 1. The van der Waals surface area contributed by atoms with Crippen LogP contribution >= 0.6 is 7.37 Å². The molecule has 1 N–H and O–H groups in total. The van der Waals surface area contributed by atoms with E-state index < -0.39 is 43.7 Å². The minimum atomic E-state index is -3.64. The van der Waals surface area contributed by atoms with Crippen molar-refractivity contribution in [2.75, 3.05) is 18.9 Å². The van der Waals surface area contributed by atoms with Crippen molar-refractivity contribution in [1.29, 1.82) is 0 Å². The standard InChI is InChI=1S/C30H40NO7P/c1-4-28(33)37-30(22(2)3)38-39(36,18-12-11-15-23-13-7-5-8-14-23)21-27(32)31-20-25(19-26(31)29(34)35)24-16-9-6-10-17-24/h5-10,13-14,16-17,22,25-26,30H,4,11-12,15,18-21H2,1-3H3,(H,34,35)/t25-,26+,30+,39+/m1/s1. The average Bonchev–Trinajstić information content (AvgIpc) is 3.38. The zero-order chi connectivity index (χ0) is 28.4. The van der Waals surface area contributed by atoms with Crippen LogP contribution in [0.4, 0.5) is 0 Å². The summed E-state index contributed by atoms with van der Waals surface area (Å²) in [7, 11) is -3.64. The highest BCUT2D eigenvalue weighted by Crippen LogP contribution is 2.51. The van der Waals surface area contributed by atoms with Crippen LogP contribution in [-0.2, 0) is 34.6 Å². The fraction of sp³-hybridized carbons (Fsp3) is 0.500. The Kier molecular flexibility index (Phi) is 11.3. The van der Waals surface area contributed by atoms with Crippen LogP contribution in [0.1, 0.15) is 63.5 Å². The van der Waals surface area contributed by atoms with Gasteiger partial charge in [-0.05, 0) is 36.8 Å². The topological polar surface area (TPSA) is 110 Å². The lowest BCUT2D eigenvalue weighted by Gasteiger charge is -2.29. The second-order valence-electron chi connectivity index (χ2n) is 10.4. The van der Waals surface area contributed by atoms with Gasteiger partial charge in [0.25, 0.3) is 0 Å². The van der Waals surface area contributed by atoms with Crippen LogP contribution in [0.2, 0.25) is 0 Å². The Bertz CT molecular complexity index is 1140. The van der Waals surface area contributed by atoms with Crippen LogP contribution < -0.4 is 0 Å². The Labute approximate surface area is 231 Å². The molecular formula is C30H40NO7P. The van der Waals surface area contributed by atoms with Gasteiger partial charge in [-0.25, -0.2) is 4.79 Å². The van der Waals surface area contributed by atoms with E-state index in [4.69, 9.17) is 9.26 Å². The van der Waals surface area contributed by atoms with Crippen molar-refractivity contribution in [3.8, 4) is 0 Å². The van der Waals surface area contributed by atoms with Crippen LogP contribution in [0, 0.1) is 5.92 Å². The van der Waals surface area contributed by atoms with Crippen LogP contribution in [0.3, 0.4) is 0 Å². The molecule has 1 saturated heterocycles. The fourth-order valence-corrected chi connectivity index (χ4v) is 7.09. The predicted molar refractivity (Wildman–Crippen MR) is 150 cm³/mol. The number of carbonyl (C=O) groups is 3. The molecule has 0 spiro atoms. The van der Waals surface area contributed by atoms with E-state index in [9.17, 15) is 24.1 Å². The minimum Gasteiger partial charge on any atom is -0.480 e. The minimum absolute atomic E-state index is 0.128. The molecule has 0 aliphatic carbocycles. The summed E-state index contributed by atoms with van der Waals surface area (Å²) >= 11 is 0. The molecular weight excluding hydrogens is 517 g/mol. The monoisotopic (exact) mass is 557 g/mol. The Morgan fingerprint density at radius 3 is 2.26 bits per heavy atom. The third kappa shape index (κ3) is 9.04. The highest BCUT2D eigenvalue weighted by Gasteiger charge is 2.43. The van der Waals surface area contributed by atoms with Crippen LogP contribution in [-0.4, -0.2) is 59.1 Å². The number of aryl methyl sites for hydroxylation is 1. The Morgan fingerprint density at radius 1 is 1.03 bits per heavy atom. The molecule has 1 heterocycles. The van der Waals surface area contributed by atoms with Gasteiger partial charge in [-0.3, -0.25) is 18.7 Å². The number of hydrogen-bond acceptors (Lipinski definition) is 6. The van der Waals surface area contributed by atoms with Gasteiger partial charge in [0.1, 0.15) is 12.2 Å². The van der Waals surface area contributed by atoms with Gasteiger partial charge in [0.05, 0.1) is 0 Å². The van der Waals surface area contributed by atoms with Crippen LogP contribution in [0.25, 0.3) is 0 Å². The number of nitrogens with zero attached hydrogens (tertiary/aromatic N) is 1. The lowest BCUT2D eigenvalue weighted by atomic mass is 9.96. The van der Waals surface area contributed by atoms with Gasteiger partial charge in [-0.15, -0.1) is 0 Å². The van der Waals surface area contributed by atoms with E-state index in [2.05, 4.69) is 0 Å². The molecule has 9 heteroatoms. The number of aliphatic carboxylic acids is 1. The fourth-order valence-electron chi connectivity index (χ4n) is 4.79. The van der Waals surface area contributed by atoms with E-state index in [1.54, 1.807) is 20.8 Å². The van der Waals surface area contributed by atoms with Gasteiger partial charge in [-0.2, -0.15) is 0 Å². The second-order valence-corrected chi connectivity index (χ2v) is 13.0. The van der Waals surface area contributed by atoms with Gasteiger partial charge in [0.2, 0.25) is 19.6 Å². The van der Waals surface area contributed by atoms with Crippen molar-refractivity contribution in [2.24, 2.45) is 5.92 Å². The van der Waals surface area contributed by atoms with Crippen molar-refractivity contribution in [2.45, 2.75) is 71.1 Å². The van der Waals surface area contributed by atoms with Crippen molar-refractivity contribution in [3.63, 3.8) is 0 Å². The van der Waals surface area contributed by atoms with Gasteiger partial charge < -0.3 is 14.7 Å². The average molecular weight is 558 g/mol. The number of rotatable bonds is 14. The number of likely N-dealkylation sites (tertiary alicyclic amines) is 1. The maximum absolute atomic E-state index is 14.2. The Balaban J connectivity index is 1.76. The van der Waals surface area contributed by atoms with Gasteiger partial charge in [0, 0.05) is 31.0 Å². The molecule has 0 unspecified atom stereocenters. The lowest BCUT2D eigenvalue weighted by molar-refractivity contribution is -0.169. The summed E-state index contributed by atoms with van der Waals surface area (Å²) in [5.41, 5.74) is 2.13. The number of esters is 1. The molecule has 1 aliphatic rings. The first-order chi connectivity index (χ1) is 18.6. The number of carbonyl (C=O) groups excluding carboxylic acids is 2. The van der Waals surface area contributed by atoms with Gasteiger partial charge in [-0.1, -0.05) is 81.4 Å². The first-order valence-electron chi connectivity index (χ1n) is 13.7. The van der Waals surface area contributed by atoms with E-state index in [0.717, 1.165) is 24.0 Å². The largest absolute Gasteiger partial charge is 0.480 e. The molecule has 1 fully saturated rings. The molecule has 8 nitrogen and oxygen atoms in total. The molecule has 2 aromatic carbocycles. The van der Waals surface area contributed by atoms with Crippen LogP contribution in [0.5, 0.6) is 0 Å². The smallest absolute Gasteiger partial charge is 0.326 e. The molecule has 4 atom stereocenters. The Morgan fingerprint density at radius 2 is 1.67 bits per heavy atom. The maximum Gasteiger partial charge on any atom is 0.326 e. The molecule has 2 aromatic rings. The number of ether oxygens (including phenoxy) is 1. The molecule has 0 aromatic heterocycles. The summed E-state index contributed by atoms with van der Waals surface area (Å²) < 4.78 is 25.6. The number of benzene rings is 2. The summed E-state index contributed by atoms with van der Waals surface area (Å²) in [6.45, 7) is 5.47. The number of unbranched alkanes of at least 4 members (excludes halogenated alkanes) is 1. The summed E-state index contributed by atoms with van der Waals surface area (Å²) in [6.07, 6.45) is 1.14. The molecule has 0 saturated carbocycles. The molecule has 0 bridgehead atoms. The zero-order valence-electron chi connectivity index (χ0n) is 23.0. The van der Waals surface area contributed by atoms with E-state index in [-0.39, 0.29) is 37.4 Å². The highest BCUT2D eigenvalue weighted by atomic mass is 31.2. The Hall–Kier alpha value is -2.96. The number of hydrogen-bond donors (Lipinski definition) is 1. The highest BCUT2D eigenvalue weighted by molar-refractivity contribution is 7.59. The summed E-state index contributed by atoms with van der Waals surface area (Å²) in [5, 5.41) is 9.87. The SMILES string of the molecule is CCC(=O)O[C@@H](O[P@@](=O)(CCCCc1ccccc1)CC(=O)N1C[C@H](c2ccccc2)C[C@H]1C(=O)O)C(C)C. The lowest BCUT2D eigenvalue weighted by Crippen LogP contribution is -2.42. The molecule has 3 rings (SSSR count). The number of amides is 1. The quantitative estimate of drug-likeness (QED) is 0.137. The first kappa shape index (κ1) is 30.6. The van der Waals surface area contributed by atoms with Gasteiger partial charge >= 0.3 is 11.9 Å². The van der Waals surface area contributed by atoms with E-state index in [1.807, 2.05) is 60.7 Å². The summed E-state index contributed by atoms with van der Waals surface area (Å²) in [4.78, 5) is 39.0. The van der Waals surface area contributed by atoms with Crippen molar-refractivity contribution >= 4 is 25.2 Å². The third-order valence-corrected chi connectivity index (χ3v) is 9.33. The molecule has 212 valence electrons. The van der Waals surface area contributed by atoms with E-state index in [1.165, 1.54) is 4.90 Å². The summed E-state index contributed by atoms with van der Waals surface area (Å²) in [6, 6.07) is 18.4. The van der Waals surface area contributed by atoms with E-state index in [0.29, 0.717) is 6.42 Å². The predicted octanol–water partition coefficient (Wildman–Crippen LogP) is 5.71.